The molecule has 0 unspecified atom stereocenters. The maximum absolute atomic E-state index is 13.0. The van der Waals surface area contributed by atoms with Crippen LogP contribution in [-0.2, 0) is 6.42 Å². The Kier molecular flexibility index (Phi) is 4.32. The SMILES string of the molecule is Fc1ccc(-c2nc(-c3ccccc3)c(CCCl)s2)cc1. The van der Waals surface area contributed by atoms with E-state index in [0.717, 1.165) is 33.1 Å². The van der Waals surface area contributed by atoms with Crippen molar-refractivity contribution in [2.75, 3.05) is 5.88 Å². The van der Waals surface area contributed by atoms with Gasteiger partial charge in [0, 0.05) is 21.9 Å². The van der Waals surface area contributed by atoms with Gasteiger partial charge in [0.25, 0.3) is 0 Å². The Morgan fingerprint density at radius 2 is 1.67 bits per heavy atom. The number of rotatable bonds is 4. The van der Waals surface area contributed by atoms with Crippen molar-refractivity contribution in [3.05, 3.63) is 65.3 Å². The van der Waals surface area contributed by atoms with E-state index in [-0.39, 0.29) is 5.82 Å². The molecule has 0 saturated heterocycles. The largest absolute Gasteiger partial charge is 0.236 e. The number of hydrogen-bond donors (Lipinski definition) is 0. The van der Waals surface area contributed by atoms with E-state index in [9.17, 15) is 4.39 Å². The molecule has 0 amide bonds. The van der Waals surface area contributed by atoms with Crippen LogP contribution in [0.5, 0.6) is 0 Å². The van der Waals surface area contributed by atoms with Gasteiger partial charge in [-0.3, -0.25) is 0 Å². The zero-order valence-corrected chi connectivity index (χ0v) is 12.8. The van der Waals surface area contributed by atoms with Crippen LogP contribution < -0.4 is 0 Å². The lowest BCUT2D eigenvalue weighted by molar-refractivity contribution is 0.628. The predicted molar refractivity (Wildman–Crippen MR) is 87.4 cm³/mol. The van der Waals surface area contributed by atoms with Gasteiger partial charge in [-0.25, -0.2) is 9.37 Å². The van der Waals surface area contributed by atoms with Crippen LogP contribution >= 0.6 is 22.9 Å². The summed E-state index contributed by atoms with van der Waals surface area (Å²) in [5.74, 6) is 0.324. The molecule has 0 bridgehead atoms. The highest BCUT2D eigenvalue weighted by Crippen LogP contribution is 2.34. The average molecular weight is 318 g/mol. The van der Waals surface area contributed by atoms with Crippen molar-refractivity contribution in [2.45, 2.75) is 6.42 Å². The van der Waals surface area contributed by atoms with Crippen LogP contribution in [0.25, 0.3) is 21.8 Å². The first-order valence-electron chi connectivity index (χ1n) is 6.65. The molecule has 1 heterocycles. The third-order valence-electron chi connectivity index (χ3n) is 3.16. The molecule has 0 aliphatic carbocycles. The number of nitrogens with zero attached hydrogens (tertiary/aromatic N) is 1. The molecular weight excluding hydrogens is 305 g/mol. The first-order chi connectivity index (χ1) is 10.3. The second-order valence-corrected chi connectivity index (χ2v) is 6.06. The van der Waals surface area contributed by atoms with E-state index in [4.69, 9.17) is 16.6 Å². The summed E-state index contributed by atoms with van der Waals surface area (Å²) in [7, 11) is 0. The van der Waals surface area contributed by atoms with Crippen molar-refractivity contribution in [3.63, 3.8) is 0 Å². The van der Waals surface area contributed by atoms with Gasteiger partial charge in [0.15, 0.2) is 0 Å². The third kappa shape index (κ3) is 3.14. The monoisotopic (exact) mass is 317 g/mol. The lowest BCUT2D eigenvalue weighted by Gasteiger charge is -1.99. The Morgan fingerprint density at radius 3 is 2.33 bits per heavy atom. The summed E-state index contributed by atoms with van der Waals surface area (Å²) in [4.78, 5) is 5.90. The normalized spacial score (nSPS) is 10.8. The Bertz CT molecular complexity index is 722. The van der Waals surface area contributed by atoms with Crippen molar-refractivity contribution >= 4 is 22.9 Å². The summed E-state index contributed by atoms with van der Waals surface area (Å²) in [6.07, 6.45) is 0.782. The maximum Gasteiger partial charge on any atom is 0.124 e. The summed E-state index contributed by atoms with van der Waals surface area (Å²) in [6.45, 7) is 0. The Labute approximate surface area is 132 Å². The van der Waals surface area contributed by atoms with E-state index in [1.807, 2.05) is 30.3 Å². The summed E-state index contributed by atoms with van der Waals surface area (Å²) < 4.78 is 13.0. The fourth-order valence-corrected chi connectivity index (χ4v) is 3.53. The number of thiazole rings is 1. The second kappa shape index (κ2) is 6.37. The van der Waals surface area contributed by atoms with Gasteiger partial charge in [-0.15, -0.1) is 22.9 Å². The molecule has 3 aromatic rings. The minimum atomic E-state index is -0.237. The van der Waals surface area contributed by atoms with Gasteiger partial charge in [0.2, 0.25) is 0 Å². The lowest BCUT2D eigenvalue weighted by Crippen LogP contribution is -1.86. The zero-order valence-electron chi connectivity index (χ0n) is 11.2. The molecule has 1 nitrogen and oxygen atoms in total. The highest BCUT2D eigenvalue weighted by Gasteiger charge is 2.13. The van der Waals surface area contributed by atoms with Crippen LogP contribution in [-0.4, -0.2) is 10.9 Å². The molecule has 4 heteroatoms. The second-order valence-electron chi connectivity index (χ2n) is 4.60. The first-order valence-corrected chi connectivity index (χ1v) is 8.00. The van der Waals surface area contributed by atoms with Gasteiger partial charge in [-0.2, -0.15) is 0 Å². The summed E-state index contributed by atoms with van der Waals surface area (Å²) in [6, 6.07) is 16.5. The standard InChI is InChI=1S/C17H13ClFNS/c18-11-10-15-16(12-4-2-1-3-5-12)20-17(21-15)13-6-8-14(19)9-7-13/h1-9H,10-11H2. The molecule has 0 N–H and O–H groups in total. The number of aromatic nitrogens is 1. The fraction of sp³-hybridized carbons (Fsp3) is 0.118. The third-order valence-corrected chi connectivity index (χ3v) is 4.51. The van der Waals surface area contributed by atoms with E-state index in [0.29, 0.717) is 5.88 Å². The topological polar surface area (TPSA) is 12.9 Å². The minimum Gasteiger partial charge on any atom is -0.236 e. The molecule has 106 valence electrons. The van der Waals surface area contributed by atoms with Gasteiger partial charge >= 0.3 is 0 Å². The Morgan fingerprint density at radius 1 is 0.952 bits per heavy atom. The molecular formula is C17H13ClFNS. The molecule has 0 fully saturated rings. The molecule has 0 radical (unpaired) electrons. The summed E-state index contributed by atoms with van der Waals surface area (Å²) >= 11 is 7.52. The number of benzene rings is 2. The van der Waals surface area contributed by atoms with Crippen LogP contribution in [0, 0.1) is 5.82 Å². The molecule has 0 spiro atoms. The van der Waals surface area contributed by atoms with Gasteiger partial charge in [0.05, 0.1) is 5.69 Å². The summed E-state index contributed by atoms with van der Waals surface area (Å²) in [5, 5.41) is 0.897. The van der Waals surface area contributed by atoms with Gasteiger partial charge in [-0.1, -0.05) is 30.3 Å². The number of hydrogen-bond acceptors (Lipinski definition) is 2. The average Bonchev–Trinajstić information content (AvgIpc) is 2.93. The van der Waals surface area contributed by atoms with Crippen molar-refractivity contribution in [1.82, 2.24) is 4.98 Å². The van der Waals surface area contributed by atoms with Gasteiger partial charge in [0.1, 0.15) is 10.8 Å². The minimum absolute atomic E-state index is 0.237. The van der Waals surface area contributed by atoms with Crippen LogP contribution in [0.2, 0.25) is 0 Å². The molecule has 0 aliphatic heterocycles. The number of halogens is 2. The van der Waals surface area contributed by atoms with E-state index >= 15 is 0 Å². The number of aryl methyl sites for hydroxylation is 1. The maximum atomic E-state index is 13.0. The van der Waals surface area contributed by atoms with E-state index in [1.54, 1.807) is 23.5 Å². The van der Waals surface area contributed by atoms with E-state index in [2.05, 4.69) is 0 Å². The quantitative estimate of drug-likeness (QED) is 0.587. The smallest absolute Gasteiger partial charge is 0.124 e. The van der Waals surface area contributed by atoms with Crippen molar-refractivity contribution < 1.29 is 4.39 Å². The van der Waals surface area contributed by atoms with Crippen LogP contribution in [0.15, 0.2) is 54.6 Å². The van der Waals surface area contributed by atoms with E-state index in [1.165, 1.54) is 12.1 Å². The molecule has 0 atom stereocenters. The Hall–Kier alpha value is -1.71. The zero-order chi connectivity index (χ0) is 14.7. The fourth-order valence-electron chi connectivity index (χ4n) is 2.14. The van der Waals surface area contributed by atoms with Crippen molar-refractivity contribution in [1.29, 1.82) is 0 Å². The lowest BCUT2D eigenvalue weighted by atomic mass is 10.1. The van der Waals surface area contributed by atoms with Crippen molar-refractivity contribution in [3.8, 4) is 21.8 Å². The van der Waals surface area contributed by atoms with E-state index < -0.39 is 0 Å². The molecule has 2 aromatic carbocycles. The van der Waals surface area contributed by atoms with Crippen LogP contribution in [0.1, 0.15) is 4.88 Å². The molecule has 1 aromatic heterocycles. The Balaban J connectivity index is 2.06. The highest BCUT2D eigenvalue weighted by atomic mass is 35.5. The van der Waals surface area contributed by atoms with Crippen LogP contribution in [0.4, 0.5) is 4.39 Å². The molecule has 3 rings (SSSR count). The number of alkyl halides is 1. The summed E-state index contributed by atoms with van der Waals surface area (Å²) in [5.41, 5.74) is 2.99. The van der Waals surface area contributed by atoms with Gasteiger partial charge < -0.3 is 0 Å². The van der Waals surface area contributed by atoms with Gasteiger partial charge in [-0.05, 0) is 30.7 Å². The molecule has 0 aliphatic rings. The van der Waals surface area contributed by atoms with Crippen LogP contribution in [0.3, 0.4) is 0 Å². The first kappa shape index (κ1) is 14.2. The highest BCUT2D eigenvalue weighted by molar-refractivity contribution is 7.15. The molecule has 0 saturated carbocycles. The molecule has 21 heavy (non-hydrogen) atoms. The van der Waals surface area contributed by atoms with Crippen molar-refractivity contribution in [2.24, 2.45) is 0 Å². The predicted octanol–water partition coefficient (Wildman–Crippen LogP) is 5.40.